The summed E-state index contributed by atoms with van der Waals surface area (Å²) in [7, 11) is 0. The van der Waals surface area contributed by atoms with Gasteiger partial charge in [-0.2, -0.15) is 5.26 Å². The minimum absolute atomic E-state index is 0.220. The highest BCUT2D eigenvalue weighted by Crippen LogP contribution is 2.38. The molecular weight excluding hydrogens is 206 g/mol. The Labute approximate surface area is 94.7 Å². The third-order valence-corrected chi connectivity index (χ3v) is 4.50. The maximum Gasteiger partial charge on any atom is 0.114 e. The molecule has 2 atom stereocenters. The molecule has 0 saturated heterocycles. The summed E-state index contributed by atoms with van der Waals surface area (Å²) in [6.45, 7) is 1.98. The van der Waals surface area contributed by atoms with Crippen LogP contribution in [0.2, 0.25) is 0 Å². The number of nitriles is 1. The summed E-state index contributed by atoms with van der Waals surface area (Å²) in [6, 6.07) is 4.44. The zero-order valence-corrected chi connectivity index (χ0v) is 9.72. The fourth-order valence-corrected chi connectivity index (χ4v) is 3.36. The fraction of sp³-hybridized carbons (Fsp3) is 0.583. The van der Waals surface area contributed by atoms with Crippen molar-refractivity contribution >= 4 is 11.8 Å². The predicted molar refractivity (Wildman–Crippen MR) is 60.7 cm³/mol. The van der Waals surface area contributed by atoms with Gasteiger partial charge in [0.2, 0.25) is 0 Å². The fourth-order valence-electron chi connectivity index (χ4n) is 2.04. The van der Waals surface area contributed by atoms with E-state index in [4.69, 9.17) is 9.68 Å². The lowest BCUT2D eigenvalue weighted by atomic mass is 9.90. The molecule has 2 unspecified atom stereocenters. The molecule has 1 aromatic heterocycles. The maximum absolute atomic E-state index is 9.07. The van der Waals surface area contributed by atoms with Crippen molar-refractivity contribution in [3.05, 3.63) is 18.1 Å². The van der Waals surface area contributed by atoms with Gasteiger partial charge in [-0.1, -0.05) is 12.8 Å². The smallest absolute Gasteiger partial charge is 0.114 e. The summed E-state index contributed by atoms with van der Waals surface area (Å²) >= 11 is 1.81. The van der Waals surface area contributed by atoms with Crippen molar-refractivity contribution in [1.82, 2.24) is 0 Å². The van der Waals surface area contributed by atoms with E-state index in [-0.39, 0.29) is 5.92 Å². The number of aryl methyl sites for hydroxylation is 1. The van der Waals surface area contributed by atoms with E-state index in [1.807, 2.05) is 24.8 Å². The standard InChI is InChI=1S/C12H15NOS/c1-9-11(6-7-14-9)15-12-5-3-2-4-10(12)8-13/h6-7,10,12H,2-5H2,1H3. The van der Waals surface area contributed by atoms with Gasteiger partial charge in [-0.05, 0) is 25.8 Å². The number of rotatable bonds is 2. The lowest BCUT2D eigenvalue weighted by Crippen LogP contribution is -2.20. The molecule has 0 spiro atoms. The molecule has 1 aromatic rings. The number of thioether (sulfide) groups is 1. The number of hydrogen-bond acceptors (Lipinski definition) is 3. The molecule has 1 aliphatic carbocycles. The Hall–Kier alpha value is -0.880. The lowest BCUT2D eigenvalue weighted by molar-refractivity contribution is 0.439. The van der Waals surface area contributed by atoms with Gasteiger partial charge in [0, 0.05) is 10.1 Å². The van der Waals surface area contributed by atoms with Crippen molar-refractivity contribution in [2.45, 2.75) is 42.8 Å². The first-order valence-electron chi connectivity index (χ1n) is 5.41. The Kier molecular flexibility index (Phi) is 3.37. The SMILES string of the molecule is Cc1occc1SC1CCCCC1C#N. The van der Waals surface area contributed by atoms with Crippen molar-refractivity contribution in [3.8, 4) is 6.07 Å². The average Bonchev–Trinajstić information content (AvgIpc) is 2.65. The van der Waals surface area contributed by atoms with Gasteiger partial charge in [-0.3, -0.25) is 0 Å². The highest BCUT2D eigenvalue weighted by Gasteiger charge is 2.26. The first kappa shape index (κ1) is 10.6. The summed E-state index contributed by atoms with van der Waals surface area (Å²) in [6.07, 6.45) is 6.41. The topological polar surface area (TPSA) is 36.9 Å². The quantitative estimate of drug-likeness (QED) is 0.763. The van der Waals surface area contributed by atoms with Gasteiger partial charge < -0.3 is 4.42 Å². The zero-order chi connectivity index (χ0) is 10.7. The summed E-state index contributed by atoms with van der Waals surface area (Å²) in [5.41, 5.74) is 0. The number of furan rings is 1. The van der Waals surface area contributed by atoms with Crippen molar-refractivity contribution in [2.75, 3.05) is 0 Å². The molecule has 0 radical (unpaired) electrons. The zero-order valence-electron chi connectivity index (χ0n) is 8.90. The largest absolute Gasteiger partial charge is 0.468 e. The summed E-state index contributed by atoms with van der Waals surface area (Å²) in [4.78, 5) is 1.20. The second kappa shape index (κ2) is 4.76. The Balaban J connectivity index is 2.04. The van der Waals surface area contributed by atoms with E-state index in [2.05, 4.69) is 6.07 Å². The van der Waals surface area contributed by atoms with E-state index in [1.165, 1.54) is 17.7 Å². The molecule has 1 saturated carbocycles. The second-order valence-electron chi connectivity index (χ2n) is 4.02. The molecule has 0 aromatic carbocycles. The summed E-state index contributed by atoms with van der Waals surface area (Å²) in [5, 5.41) is 9.53. The van der Waals surface area contributed by atoms with E-state index < -0.39 is 0 Å². The third kappa shape index (κ3) is 2.38. The minimum Gasteiger partial charge on any atom is -0.468 e. The van der Waals surface area contributed by atoms with Crippen LogP contribution in [0.4, 0.5) is 0 Å². The second-order valence-corrected chi connectivity index (χ2v) is 5.30. The van der Waals surface area contributed by atoms with Crippen LogP contribution in [0.3, 0.4) is 0 Å². The van der Waals surface area contributed by atoms with Gasteiger partial charge in [0.05, 0.1) is 18.3 Å². The first-order chi connectivity index (χ1) is 7.31. The monoisotopic (exact) mass is 221 g/mol. The van der Waals surface area contributed by atoms with Crippen LogP contribution >= 0.6 is 11.8 Å². The van der Waals surface area contributed by atoms with Crippen LogP contribution in [0, 0.1) is 24.2 Å². The first-order valence-corrected chi connectivity index (χ1v) is 6.29. The van der Waals surface area contributed by atoms with Crippen LogP contribution < -0.4 is 0 Å². The Morgan fingerprint density at radius 2 is 2.27 bits per heavy atom. The van der Waals surface area contributed by atoms with Crippen LogP contribution in [-0.4, -0.2) is 5.25 Å². The Bertz CT molecular complexity index is 366. The van der Waals surface area contributed by atoms with Crippen LogP contribution in [0.15, 0.2) is 21.6 Å². The molecule has 0 amide bonds. The van der Waals surface area contributed by atoms with Crippen molar-refractivity contribution in [3.63, 3.8) is 0 Å². The van der Waals surface area contributed by atoms with Gasteiger partial charge in [-0.25, -0.2) is 0 Å². The van der Waals surface area contributed by atoms with Gasteiger partial charge in [-0.15, -0.1) is 11.8 Å². The van der Waals surface area contributed by atoms with Crippen LogP contribution in [-0.2, 0) is 0 Å². The van der Waals surface area contributed by atoms with Crippen LogP contribution in [0.1, 0.15) is 31.4 Å². The molecule has 0 bridgehead atoms. The molecule has 80 valence electrons. The highest BCUT2D eigenvalue weighted by molar-refractivity contribution is 8.00. The van der Waals surface area contributed by atoms with Crippen molar-refractivity contribution in [1.29, 1.82) is 5.26 Å². The molecule has 2 rings (SSSR count). The normalized spacial score (nSPS) is 26.1. The van der Waals surface area contributed by atoms with E-state index in [9.17, 15) is 0 Å². The molecule has 2 nitrogen and oxygen atoms in total. The average molecular weight is 221 g/mol. The van der Waals surface area contributed by atoms with Crippen LogP contribution in [0.5, 0.6) is 0 Å². The molecule has 0 N–H and O–H groups in total. The number of hydrogen-bond donors (Lipinski definition) is 0. The van der Waals surface area contributed by atoms with Crippen molar-refractivity contribution < 1.29 is 4.42 Å². The molecule has 1 heterocycles. The number of nitrogens with zero attached hydrogens (tertiary/aromatic N) is 1. The molecule has 1 fully saturated rings. The van der Waals surface area contributed by atoms with E-state index in [1.54, 1.807) is 6.26 Å². The maximum atomic E-state index is 9.07. The molecule has 15 heavy (non-hydrogen) atoms. The third-order valence-electron chi connectivity index (χ3n) is 2.96. The van der Waals surface area contributed by atoms with Gasteiger partial charge in [0.25, 0.3) is 0 Å². The predicted octanol–water partition coefficient (Wildman–Crippen LogP) is 3.76. The molecule has 3 heteroatoms. The molecule has 1 aliphatic rings. The van der Waals surface area contributed by atoms with E-state index >= 15 is 0 Å². The van der Waals surface area contributed by atoms with Crippen LogP contribution in [0.25, 0.3) is 0 Å². The molecular formula is C12H15NOS. The lowest BCUT2D eigenvalue weighted by Gasteiger charge is -2.25. The van der Waals surface area contributed by atoms with Gasteiger partial charge >= 0.3 is 0 Å². The van der Waals surface area contributed by atoms with Gasteiger partial charge in [0.15, 0.2) is 0 Å². The van der Waals surface area contributed by atoms with Gasteiger partial charge in [0.1, 0.15) is 5.76 Å². The minimum atomic E-state index is 0.220. The van der Waals surface area contributed by atoms with E-state index in [0.717, 1.165) is 18.6 Å². The van der Waals surface area contributed by atoms with Crippen molar-refractivity contribution in [2.24, 2.45) is 5.92 Å². The Morgan fingerprint density at radius 3 is 2.93 bits per heavy atom. The Morgan fingerprint density at radius 1 is 1.47 bits per heavy atom. The highest BCUT2D eigenvalue weighted by atomic mass is 32.2. The molecule has 0 aliphatic heterocycles. The summed E-state index contributed by atoms with van der Waals surface area (Å²) < 4.78 is 5.27. The summed E-state index contributed by atoms with van der Waals surface area (Å²) in [5.74, 6) is 1.19. The van der Waals surface area contributed by atoms with E-state index in [0.29, 0.717) is 5.25 Å².